The van der Waals surface area contributed by atoms with Gasteiger partial charge >= 0.3 is 11.1 Å². The van der Waals surface area contributed by atoms with Gasteiger partial charge in [-0.25, -0.2) is 0 Å². The predicted octanol–water partition coefficient (Wildman–Crippen LogP) is -0.356. The second kappa shape index (κ2) is 3.08. The van der Waals surface area contributed by atoms with Crippen molar-refractivity contribution in [1.82, 2.24) is 15.1 Å². The maximum Gasteiger partial charge on any atom is 0.314 e. The summed E-state index contributed by atoms with van der Waals surface area (Å²) in [5.41, 5.74) is -1.30. The number of halogens is 1. The summed E-state index contributed by atoms with van der Waals surface area (Å²) in [6.45, 7) is 0. The Morgan fingerprint density at radius 2 is 2.06 bits per heavy atom. The summed E-state index contributed by atoms with van der Waals surface area (Å²) in [5, 5.41) is 14.9. The van der Waals surface area contributed by atoms with Crippen molar-refractivity contribution in [3.8, 4) is 0 Å². The minimum absolute atomic E-state index is 0.0409. The first-order valence-corrected chi connectivity index (χ1v) is 4.80. The van der Waals surface area contributed by atoms with E-state index in [0.29, 0.717) is 0 Å². The zero-order valence-corrected chi connectivity index (χ0v) is 8.74. The molecule has 2 N–H and O–H groups in total. The van der Waals surface area contributed by atoms with Gasteiger partial charge in [-0.15, -0.1) is 0 Å². The number of H-pyrrole nitrogens is 2. The molecule has 2 heterocycles. The Morgan fingerprint density at radius 3 is 2.82 bits per heavy atom. The second-order valence-corrected chi connectivity index (χ2v) is 3.72. The molecule has 0 bridgehead atoms. The molecule has 0 aliphatic rings. The molecule has 1 aromatic carbocycles. The summed E-state index contributed by atoms with van der Waals surface area (Å²) in [6, 6.07) is 1.37. The maximum absolute atomic E-state index is 11.4. The van der Waals surface area contributed by atoms with Crippen molar-refractivity contribution in [3.05, 3.63) is 37.0 Å². The molecule has 0 saturated carbocycles. The number of hydrogen-bond donors (Lipinski definition) is 2. The average Bonchev–Trinajstić information content (AvgIpc) is 2.65. The van der Waals surface area contributed by atoms with Gasteiger partial charge in [0.15, 0.2) is 0 Å². The molecule has 0 saturated heterocycles. The normalized spacial score (nSPS) is 11.4. The van der Waals surface area contributed by atoms with Gasteiger partial charge in [0, 0.05) is 5.16 Å². The molecule has 0 aliphatic carbocycles. The number of nitrogens with zero attached hydrogens (tertiary/aromatic N) is 2. The van der Waals surface area contributed by atoms with Gasteiger partial charge in [-0.05, 0) is 11.0 Å². The van der Waals surface area contributed by atoms with Gasteiger partial charge < -0.3 is 15.2 Å². The maximum atomic E-state index is 11.4. The summed E-state index contributed by atoms with van der Waals surface area (Å²) in [7, 11) is 0. The molecule has 0 unspecified atom stereocenters. The van der Waals surface area contributed by atoms with Crippen LogP contribution in [0.5, 0.6) is 0 Å². The number of aromatic nitrogens is 4. The fourth-order valence-electron chi connectivity index (χ4n) is 1.58. The van der Waals surface area contributed by atoms with Crippen LogP contribution in [0.3, 0.4) is 0 Å². The van der Waals surface area contributed by atoms with E-state index in [9.17, 15) is 14.8 Å². The lowest BCUT2D eigenvalue weighted by Crippen LogP contribution is -2.30. The van der Waals surface area contributed by atoms with Crippen molar-refractivity contribution in [3.63, 3.8) is 0 Å². The molecule has 0 radical (unpaired) electrons. The largest absolute Gasteiger partial charge is 0.359 e. The highest BCUT2D eigenvalue weighted by Gasteiger charge is 2.19. The molecule has 9 heteroatoms. The zero-order valence-electron chi connectivity index (χ0n) is 7.98. The lowest BCUT2D eigenvalue weighted by atomic mass is 10.2. The molecule has 0 amide bonds. The molecule has 86 valence electrons. The zero-order chi connectivity index (χ0) is 12.2. The van der Waals surface area contributed by atoms with Crippen LogP contribution >= 0.6 is 11.6 Å². The summed E-state index contributed by atoms with van der Waals surface area (Å²) in [6.07, 6.45) is 0. The Balaban J connectivity index is 2.72. The lowest BCUT2D eigenvalue weighted by Gasteiger charge is -1.97. The third-order valence-electron chi connectivity index (χ3n) is 2.31. The second-order valence-electron chi connectivity index (χ2n) is 3.32. The molecule has 3 aromatic rings. The van der Waals surface area contributed by atoms with E-state index in [-0.39, 0.29) is 32.0 Å². The molecule has 8 nitrogen and oxygen atoms in total. The SMILES string of the molecule is O=c1[nH]c2cc(Cl)c3no[n+]([O-])c3c2[nH]c1=O. The van der Waals surface area contributed by atoms with Gasteiger partial charge in [0.05, 0.1) is 5.52 Å². The number of nitrogens with one attached hydrogen (secondary N) is 2. The average molecular weight is 255 g/mol. The van der Waals surface area contributed by atoms with E-state index in [0.717, 1.165) is 0 Å². The Bertz CT molecular complexity index is 861. The van der Waals surface area contributed by atoms with Crippen LogP contribution in [0, 0.1) is 5.21 Å². The first kappa shape index (κ1) is 9.85. The summed E-state index contributed by atoms with van der Waals surface area (Å²) >= 11 is 5.85. The quantitative estimate of drug-likeness (QED) is 0.420. The number of fused-ring (bicyclic) bond motifs is 3. The van der Waals surface area contributed by atoms with E-state index < -0.39 is 11.1 Å². The van der Waals surface area contributed by atoms with Crippen molar-refractivity contribution >= 4 is 33.7 Å². The molecule has 2 aromatic heterocycles. The van der Waals surface area contributed by atoms with Crippen LogP contribution in [0.4, 0.5) is 0 Å². The molecular weight excluding hydrogens is 252 g/mol. The third-order valence-corrected chi connectivity index (χ3v) is 2.60. The number of benzene rings is 1. The van der Waals surface area contributed by atoms with Gasteiger partial charge in [0.2, 0.25) is 0 Å². The van der Waals surface area contributed by atoms with Crippen LogP contribution in [0.1, 0.15) is 0 Å². The summed E-state index contributed by atoms with van der Waals surface area (Å²) in [5.74, 6) is 0. The summed E-state index contributed by atoms with van der Waals surface area (Å²) < 4.78 is 4.39. The molecular formula is C8H3ClN4O4. The van der Waals surface area contributed by atoms with E-state index in [1.807, 2.05) is 0 Å². The molecule has 17 heavy (non-hydrogen) atoms. The molecule has 0 aliphatic heterocycles. The van der Waals surface area contributed by atoms with Crippen LogP contribution in [-0.4, -0.2) is 15.1 Å². The van der Waals surface area contributed by atoms with E-state index in [2.05, 4.69) is 19.8 Å². The Hall–Kier alpha value is -2.35. The van der Waals surface area contributed by atoms with Gasteiger partial charge in [-0.2, -0.15) is 0 Å². The van der Waals surface area contributed by atoms with Crippen molar-refractivity contribution in [2.24, 2.45) is 0 Å². The van der Waals surface area contributed by atoms with Gasteiger partial charge in [0.25, 0.3) is 11.0 Å². The van der Waals surface area contributed by atoms with Gasteiger partial charge in [0.1, 0.15) is 10.5 Å². The van der Waals surface area contributed by atoms with E-state index >= 15 is 0 Å². The molecule has 0 fully saturated rings. The highest BCUT2D eigenvalue weighted by Crippen LogP contribution is 2.24. The number of aromatic amines is 2. The van der Waals surface area contributed by atoms with E-state index in [4.69, 9.17) is 11.6 Å². The van der Waals surface area contributed by atoms with Crippen LogP contribution in [0.25, 0.3) is 22.1 Å². The minimum atomic E-state index is -0.873. The third kappa shape index (κ3) is 1.24. The van der Waals surface area contributed by atoms with Gasteiger partial charge in [-0.1, -0.05) is 11.6 Å². The van der Waals surface area contributed by atoms with Crippen LogP contribution in [0.2, 0.25) is 5.02 Å². The number of hydrogen-bond acceptors (Lipinski definition) is 5. The standard InChI is InChI=1S/C8H3ClN4O4/c9-2-1-3-5(11-8(15)7(14)10-3)6-4(2)12-17-13(6)16/h1H,(H,10,14)(H,11,15). The first-order valence-electron chi connectivity index (χ1n) is 4.42. The van der Waals surface area contributed by atoms with E-state index in [1.54, 1.807) is 0 Å². The molecule has 0 atom stereocenters. The summed E-state index contributed by atoms with van der Waals surface area (Å²) in [4.78, 5) is 27.0. The monoisotopic (exact) mass is 254 g/mol. The fraction of sp³-hybridized carbons (Fsp3) is 0. The van der Waals surface area contributed by atoms with Crippen LogP contribution < -0.4 is 16.0 Å². The van der Waals surface area contributed by atoms with Crippen LogP contribution in [0.15, 0.2) is 20.3 Å². The Labute approximate surface area is 96.0 Å². The molecule has 0 spiro atoms. The Kier molecular flexibility index (Phi) is 1.78. The predicted molar refractivity (Wildman–Crippen MR) is 56.7 cm³/mol. The van der Waals surface area contributed by atoms with Gasteiger partial charge in [-0.3, -0.25) is 14.2 Å². The topological polar surface area (TPSA) is 119 Å². The van der Waals surface area contributed by atoms with E-state index in [1.165, 1.54) is 6.07 Å². The number of rotatable bonds is 0. The highest BCUT2D eigenvalue weighted by molar-refractivity contribution is 6.36. The fourth-order valence-corrected chi connectivity index (χ4v) is 1.82. The van der Waals surface area contributed by atoms with Crippen molar-refractivity contribution in [2.45, 2.75) is 0 Å². The highest BCUT2D eigenvalue weighted by atomic mass is 35.5. The van der Waals surface area contributed by atoms with Crippen molar-refractivity contribution in [1.29, 1.82) is 0 Å². The Morgan fingerprint density at radius 1 is 1.35 bits per heavy atom. The van der Waals surface area contributed by atoms with Crippen LogP contribution in [-0.2, 0) is 0 Å². The van der Waals surface area contributed by atoms with Crippen molar-refractivity contribution < 1.29 is 9.53 Å². The smallest absolute Gasteiger partial charge is 0.314 e. The van der Waals surface area contributed by atoms with Crippen molar-refractivity contribution in [2.75, 3.05) is 0 Å². The minimum Gasteiger partial charge on any atom is -0.359 e. The molecule has 3 rings (SSSR count). The lowest BCUT2D eigenvalue weighted by molar-refractivity contribution is -0.781. The first-order chi connectivity index (χ1) is 8.08.